The van der Waals surface area contributed by atoms with E-state index in [1.54, 1.807) is 6.07 Å². The average Bonchev–Trinajstić information content (AvgIpc) is 1.99. The molecular formula is C9H11BrFNO2S. The van der Waals surface area contributed by atoms with Crippen molar-refractivity contribution in [1.82, 2.24) is 0 Å². The Morgan fingerprint density at radius 3 is 2.47 bits per heavy atom. The normalized spacial score (nSPS) is 11.7. The lowest BCUT2D eigenvalue weighted by Gasteiger charge is -2.06. The van der Waals surface area contributed by atoms with E-state index in [1.807, 2.05) is 0 Å². The zero-order valence-corrected chi connectivity index (χ0v) is 10.5. The summed E-state index contributed by atoms with van der Waals surface area (Å²) in [7, 11) is -3.55. The number of halogens is 2. The van der Waals surface area contributed by atoms with Crippen molar-refractivity contribution in [1.29, 1.82) is 0 Å². The lowest BCUT2D eigenvalue weighted by molar-refractivity contribution is 0.567. The summed E-state index contributed by atoms with van der Waals surface area (Å²) in [5.74, 6) is -0.740. The minimum atomic E-state index is -3.55. The highest BCUT2D eigenvalue weighted by Gasteiger charge is 2.18. The van der Waals surface area contributed by atoms with E-state index in [2.05, 4.69) is 15.9 Å². The number of benzene rings is 1. The number of rotatable bonds is 3. The van der Waals surface area contributed by atoms with Crippen LogP contribution in [0.3, 0.4) is 0 Å². The molecule has 0 radical (unpaired) electrons. The zero-order chi connectivity index (χ0) is 11.6. The Balaban J connectivity index is 3.34. The van der Waals surface area contributed by atoms with E-state index in [0.717, 1.165) is 6.26 Å². The zero-order valence-electron chi connectivity index (χ0n) is 8.13. The largest absolute Gasteiger partial charge is 0.330 e. The van der Waals surface area contributed by atoms with E-state index in [4.69, 9.17) is 5.73 Å². The van der Waals surface area contributed by atoms with Crippen molar-refractivity contribution >= 4 is 25.8 Å². The third-order valence-electron chi connectivity index (χ3n) is 1.86. The minimum Gasteiger partial charge on any atom is -0.330 e. The highest BCUT2D eigenvalue weighted by molar-refractivity contribution is 9.10. The van der Waals surface area contributed by atoms with Gasteiger partial charge in [0, 0.05) is 10.7 Å². The Morgan fingerprint density at radius 2 is 2.07 bits per heavy atom. The molecule has 1 aromatic carbocycles. The fraction of sp³-hybridized carbons (Fsp3) is 0.333. The van der Waals surface area contributed by atoms with Crippen molar-refractivity contribution < 1.29 is 12.8 Å². The van der Waals surface area contributed by atoms with Gasteiger partial charge >= 0.3 is 0 Å². The topological polar surface area (TPSA) is 60.2 Å². The van der Waals surface area contributed by atoms with Crippen LogP contribution < -0.4 is 5.73 Å². The molecule has 0 amide bonds. The number of sulfone groups is 1. The maximum atomic E-state index is 13.5. The van der Waals surface area contributed by atoms with Gasteiger partial charge in [-0.1, -0.05) is 0 Å². The molecule has 0 saturated heterocycles. The van der Waals surface area contributed by atoms with Crippen LogP contribution >= 0.6 is 15.9 Å². The molecule has 0 spiro atoms. The Kier molecular flexibility index (Phi) is 3.86. The predicted molar refractivity (Wildman–Crippen MR) is 60.0 cm³/mol. The molecule has 0 saturated carbocycles. The Hall–Kier alpha value is -0.460. The summed E-state index contributed by atoms with van der Waals surface area (Å²) < 4.78 is 36.2. The molecular weight excluding hydrogens is 285 g/mol. The van der Waals surface area contributed by atoms with Gasteiger partial charge in [0.2, 0.25) is 0 Å². The molecule has 1 aromatic rings. The lowest BCUT2D eigenvalue weighted by Crippen LogP contribution is -2.06. The van der Waals surface area contributed by atoms with Crippen LogP contribution in [0.5, 0.6) is 0 Å². The first kappa shape index (κ1) is 12.6. The van der Waals surface area contributed by atoms with Gasteiger partial charge in [0.25, 0.3) is 0 Å². The first-order valence-electron chi connectivity index (χ1n) is 4.24. The molecule has 2 N–H and O–H groups in total. The molecule has 84 valence electrons. The summed E-state index contributed by atoms with van der Waals surface area (Å²) in [6.07, 6.45) is 1.48. The van der Waals surface area contributed by atoms with Crippen LogP contribution in [0.4, 0.5) is 4.39 Å². The van der Waals surface area contributed by atoms with Crippen molar-refractivity contribution in [2.24, 2.45) is 5.73 Å². The van der Waals surface area contributed by atoms with E-state index >= 15 is 0 Å². The monoisotopic (exact) mass is 295 g/mol. The smallest absolute Gasteiger partial charge is 0.179 e. The minimum absolute atomic E-state index is 0.244. The standard InChI is InChI=1S/C9H11BrFNO2S/c1-15(13,14)9-7(10)4-6(2-3-12)5-8(9)11/h4-5H,2-3,12H2,1H3. The van der Waals surface area contributed by atoms with Crippen molar-refractivity contribution in [3.8, 4) is 0 Å². The van der Waals surface area contributed by atoms with Gasteiger partial charge in [-0.05, 0) is 46.6 Å². The van der Waals surface area contributed by atoms with E-state index in [9.17, 15) is 12.8 Å². The van der Waals surface area contributed by atoms with Crippen molar-refractivity contribution in [2.45, 2.75) is 11.3 Å². The van der Waals surface area contributed by atoms with Crippen molar-refractivity contribution in [3.05, 3.63) is 28.0 Å². The predicted octanol–water partition coefficient (Wildman–Crippen LogP) is 1.49. The Morgan fingerprint density at radius 1 is 1.47 bits per heavy atom. The first-order valence-corrected chi connectivity index (χ1v) is 6.92. The molecule has 1 rings (SSSR count). The van der Waals surface area contributed by atoms with Gasteiger partial charge in [-0.3, -0.25) is 0 Å². The van der Waals surface area contributed by atoms with Gasteiger partial charge in [-0.25, -0.2) is 12.8 Å². The van der Waals surface area contributed by atoms with Crippen LogP contribution in [0.1, 0.15) is 5.56 Å². The van der Waals surface area contributed by atoms with Crippen LogP contribution in [0.25, 0.3) is 0 Å². The SMILES string of the molecule is CS(=O)(=O)c1c(F)cc(CCN)cc1Br. The molecule has 3 nitrogen and oxygen atoms in total. The van der Waals surface area contributed by atoms with Gasteiger partial charge in [-0.15, -0.1) is 0 Å². The summed E-state index contributed by atoms with van der Waals surface area (Å²) in [6, 6.07) is 2.78. The summed E-state index contributed by atoms with van der Waals surface area (Å²) in [4.78, 5) is -0.303. The second-order valence-electron chi connectivity index (χ2n) is 3.20. The molecule has 0 aromatic heterocycles. The van der Waals surface area contributed by atoms with E-state index < -0.39 is 15.7 Å². The molecule has 0 unspecified atom stereocenters. The average molecular weight is 296 g/mol. The molecule has 6 heteroatoms. The first-order chi connectivity index (χ1) is 6.86. The summed E-state index contributed by atoms with van der Waals surface area (Å²) in [5, 5.41) is 0. The fourth-order valence-corrected chi connectivity index (χ4v) is 3.47. The maximum Gasteiger partial charge on any atom is 0.179 e. The molecule has 0 bridgehead atoms. The fourth-order valence-electron chi connectivity index (χ4n) is 1.28. The van der Waals surface area contributed by atoms with Crippen LogP contribution in [-0.2, 0) is 16.3 Å². The number of hydrogen-bond acceptors (Lipinski definition) is 3. The van der Waals surface area contributed by atoms with Gasteiger partial charge < -0.3 is 5.73 Å². The molecule has 15 heavy (non-hydrogen) atoms. The van der Waals surface area contributed by atoms with Crippen molar-refractivity contribution in [3.63, 3.8) is 0 Å². The summed E-state index contributed by atoms with van der Waals surface area (Å²) in [6.45, 7) is 0.393. The molecule has 0 aliphatic heterocycles. The van der Waals surface area contributed by atoms with Gasteiger partial charge in [-0.2, -0.15) is 0 Å². The molecule has 0 atom stereocenters. The molecule has 0 heterocycles. The maximum absolute atomic E-state index is 13.5. The summed E-state index contributed by atoms with van der Waals surface area (Å²) in [5.41, 5.74) is 6.00. The van der Waals surface area contributed by atoms with E-state index in [1.165, 1.54) is 6.07 Å². The van der Waals surface area contributed by atoms with Crippen LogP contribution in [-0.4, -0.2) is 21.2 Å². The Bertz CT molecular complexity index is 450. The van der Waals surface area contributed by atoms with Crippen LogP contribution in [0, 0.1) is 5.82 Å². The van der Waals surface area contributed by atoms with Gasteiger partial charge in [0.1, 0.15) is 10.7 Å². The second kappa shape index (κ2) is 4.59. The quantitative estimate of drug-likeness (QED) is 0.919. The third-order valence-corrected chi connectivity index (χ3v) is 3.91. The summed E-state index contributed by atoms with van der Waals surface area (Å²) >= 11 is 3.04. The highest BCUT2D eigenvalue weighted by Crippen LogP contribution is 2.26. The van der Waals surface area contributed by atoms with Crippen LogP contribution in [0.15, 0.2) is 21.5 Å². The van der Waals surface area contributed by atoms with E-state index in [0.29, 0.717) is 18.5 Å². The molecule has 0 fully saturated rings. The van der Waals surface area contributed by atoms with Crippen LogP contribution in [0.2, 0.25) is 0 Å². The van der Waals surface area contributed by atoms with E-state index in [-0.39, 0.29) is 9.37 Å². The number of nitrogens with two attached hydrogens (primary N) is 1. The Labute approximate surface area is 96.5 Å². The molecule has 0 aliphatic rings. The van der Waals surface area contributed by atoms with Gasteiger partial charge in [0.15, 0.2) is 9.84 Å². The highest BCUT2D eigenvalue weighted by atomic mass is 79.9. The van der Waals surface area contributed by atoms with Crippen molar-refractivity contribution in [2.75, 3.05) is 12.8 Å². The third kappa shape index (κ3) is 2.99. The molecule has 0 aliphatic carbocycles. The number of hydrogen-bond donors (Lipinski definition) is 1. The van der Waals surface area contributed by atoms with Gasteiger partial charge in [0.05, 0.1) is 0 Å². The second-order valence-corrected chi connectivity index (χ2v) is 6.01. The lowest BCUT2D eigenvalue weighted by atomic mass is 10.1.